The summed E-state index contributed by atoms with van der Waals surface area (Å²) < 4.78 is 4.96. The summed E-state index contributed by atoms with van der Waals surface area (Å²) in [6.07, 6.45) is 0.905. The fourth-order valence-corrected chi connectivity index (χ4v) is 2.90. The number of fused-ring (bicyclic) bond motifs is 1. The third kappa shape index (κ3) is 3.51. The van der Waals surface area contributed by atoms with Gasteiger partial charge in [0, 0.05) is 5.39 Å². The minimum atomic E-state index is -0.189. The van der Waals surface area contributed by atoms with Crippen LogP contribution in [0.4, 0.5) is 0 Å². The lowest BCUT2D eigenvalue weighted by atomic mass is 10.1. The van der Waals surface area contributed by atoms with Crippen LogP contribution in [-0.4, -0.2) is 23.3 Å². The summed E-state index contributed by atoms with van der Waals surface area (Å²) in [5.74, 6) is 0.122. The van der Waals surface area contributed by atoms with E-state index in [1.807, 2.05) is 6.92 Å². The third-order valence-electron chi connectivity index (χ3n) is 3.03. The number of ether oxygens (including phenoxy) is 1. The van der Waals surface area contributed by atoms with Crippen molar-refractivity contribution < 1.29 is 9.53 Å². The molecule has 0 fully saturated rings. The minimum Gasteiger partial charge on any atom is -0.465 e. The molecule has 3 nitrogen and oxygen atoms in total. The Bertz CT molecular complexity index is 625. The van der Waals surface area contributed by atoms with Crippen molar-refractivity contribution in [3.05, 3.63) is 35.4 Å². The van der Waals surface area contributed by atoms with Gasteiger partial charge in [0.15, 0.2) is 0 Å². The monoisotopic (exact) mass is 289 g/mol. The van der Waals surface area contributed by atoms with E-state index in [0.29, 0.717) is 12.4 Å². The quantitative estimate of drug-likeness (QED) is 0.620. The van der Waals surface area contributed by atoms with Gasteiger partial charge in [-0.05, 0) is 43.5 Å². The lowest BCUT2D eigenvalue weighted by Gasteiger charge is -2.09. The summed E-state index contributed by atoms with van der Waals surface area (Å²) in [6.45, 7) is 6.40. The number of thioether (sulfide) groups is 1. The number of hydrogen-bond donors (Lipinski definition) is 0. The van der Waals surface area contributed by atoms with E-state index in [2.05, 4.69) is 38.1 Å². The van der Waals surface area contributed by atoms with Crippen LogP contribution in [0.2, 0.25) is 0 Å². The number of rotatable bonds is 5. The number of aryl methyl sites for hydroxylation is 2. The highest BCUT2D eigenvalue weighted by molar-refractivity contribution is 7.99. The third-order valence-corrected chi connectivity index (χ3v) is 4.03. The van der Waals surface area contributed by atoms with Crippen LogP contribution >= 0.6 is 11.8 Å². The van der Waals surface area contributed by atoms with Crippen LogP contribution in [0.25, 0.3) is 10.9 Å². The van der Waals surface area contributed by atoms with Crippen LogP contribution in [0, 0.1) is 6.92 Å². The number of carbonyl (C=O) groups excluding carboxylic acids is 1. The van der Waals surface area contributed by atoms with Gasteiger partial charge in [-0.3, -0.25) is 4.79 Å². The summed E-state index contributed by atoms with van der Waals surface area (Å²) in [5, 5.41) is 2.08. The van der Waals surface area contributed by atoms with Gasteiger partial charge in [-0.2, -0.15) is 0 Å². The molecule has 0 atom stereocenters. The molecular formula is C16H19NO2S. The molecule has 2 aromatic rings. The van der Waals surface area contributed by atoms with Crippen molar-refractivity contribution in [3.63, 3.8) is 0 Å². The molecule has 0 radical (unpaired) electrons. The molecule has 1 heterocycles. The lowest BCUT2D eigenvalue weighted by molar-refractivity contribution is -0.139. The van der Waals surface area contributed by atoms with Crippen molar-refractivity contribution in [2.24, 2.45) is 0 Å². The van der Waals surface area contributed by atoms with E-state index in [-0.39, 0.29) is 5.97 Å². The zero-order valence-electron chi connectivity index (χ0n) is 12.1. The molecule has 0 saturated heterocycles. The van der Waals surface area contributed by atoms with Crippen LogP contribution in [-0.2, 0) is 16.0 Å². The molecule has 1 aromatic heterocycles. The molecule has 0 bridgehead atoms. The molecule has 0 saturated carbocycles. The second kappa shape index (κ2) is 6.75. The first kappa shape index (κ1) is 14.9. The molecule has 0 N–H and O–H groups in total. The van der Waals surface area contributed by atoms with Crippen LogP contribution in [0.1, 0.15) is 25.0 Å². The summed E-state index contributed by atoms with van der Waals surface area (Å²) in [5.41, 5.74) is 3.35. The van der Waals surface area contributed by atoms with Gasteiger partial charge in [0.1, 0.15) is 5.03 Å². The van der Waals surface area contributed by atoms with E-state index in [1.165, 1.54) is 22.9 Å². The first-order valence-corrected chi connectivity index (χ1v) is 7.81. The van der Waals surface area contributed by atoms with E-state index in [0.717, 1.165) is 22.3 Å². The fraction of sp³-hybridized carbons (Fsp3) is 0.375. The Morgan fingerprint density at radius 2 is 2.10 bits per heavy atom. The molecular weight excluding hydrogens is 270 g/mol. The van der Waals surface area contributed by atoms with E-state index in [4.69, 9.17) is 9.72 Å². The molecule has 0 aliphatic heterocycles. The Morgan fingerprint density at radius 1 is 1.30 bits per heavy atom. The molecule has 1 aromatic carbocycles. The smallest absolute Gasteiger partial charge is 0.316 e. The van der Waals surface area contributed by atoms with Crippen molar-refractivity contribution >= 4 is 28.6 Å². The summed E-state index contributed by atoms with van der Waals surface area (Å²) >= 11 is 1.45. The fourth-order valence-electron chi connectivity index (χ4n) is 2.01. The van der Waals surface area contributed by atoms with Gasteiger partial charge in [0.05, 0.1) is 17.9 Å². The predicted molar refractivity (Wildman–Crippen MR) is 83.2 cm³/mol. The largest absolute Gasteiger partial charge is 0.465 e. The number of nitrogens with zero attached hydrogens (tertiary/aromatic N) is 1. The standard InChI is InChI=1S/C16H19NO2S/c1-4-12-9-13-7-6-11(3)8-14(13)17-16(12)20-10-15(18)19-5-2/h6-9H,4-5,10H2,1-3H3. The molecule has 0 amide bonds. The maximum atomic E-state index is 11.5. The molecule has 0 aliphatic rings. The van der Waals surface area contributed by atoms with Crippen molar-refractivity contribution in [1.82, 2.24) is 4.98 Å². The maximum absolute atomic E-state index is 11.5. The maximum Gasteiger partial charge on any atom is 0.316 e. The highest BCUT2D eigenvalue weighted by Gasteiger charge is 2.10. The molecule has 20 heavy (non-hydrogen) atoms. The van der Waals surface area contributed by atoms with Gasteiger partial charge in [0.25, 0.3) is 0 Å². The average molecular weight is 289 g/mol. The Balaban J connectivity index is 2.28. The number of hydrogen-bond acceptors (Lipinski definition) is 4. The molecule has 2 rings (SSSR count). The molecule has 106 valence electrons. The Kier molecular flexibility index (Phi) is 5.01. The second-order valence-corrected chi connectivity index (χ2v) is 5.56. The van der Waals surface area contributed by atoms with Gasteiger partial charge in [-0.1, -0.05) is 30.8 Å². The van der Waals surface area contributed by atoms with Gasteiger partial charge < -0.3 is 4.74 Å². The zero-order valence-corrected chi connectivity index (χ0v) is 12.9. The van der Waals surface area contributed by atoms with Crippen LogP contribution in [0.15, 0.2) is 29.3 Å². The number of benzene rings is 1. The molecule has 0 aliphatic carbocycles. The van der Waals surface area contributed by atoms with E-state index >= 15 is 0 Å². The topological polar surface area (TPSA) is 39.2 Å². The number of pyridine rings is 1. The first-order valence-electron chi connectivity index (χ1n) is 6.82. The van der Waals surface area contributed by atoms with Crippen LogP contribution in [0.5, 0.6) is 0 Å². The van der Waals surface area contributed by atoms with Gasteiger partial charge in [0.2, 0.25) is 0 Å². The zero-order chi connectivity index (χ0) is 14.5. The molecule has 0 spiro atoms. The Morgan fingerprint density at radius 3 is 2.80 bits per heavy atom. The average Bonchev–Trinajstić information content (AvgIpc) is 2.44. The predicted octanol–water partition coefficient (Wildman–Crippen LogP) is 3.76. The highest BCUT2D eigenvalue weighted by Crippen LogP contribution is 2.26. The number of carbonyl (C=O) groups is 1. The molecule has 4 heteroatoms. The summed E-state index contributed by atoms with van der Waals surface area (Å²) in [4.78, 5) is 16.2. The van der Waals surface area contributed by atoms with Gasteiger partial charge >= 0.3 is 5.97 Å². The van der Waals surface area contributed by atoms with Crippen LogP contribution in [0.3, 0.4) is 0 Å². The highest BCUT2D eigenvalue weighted by atomic mass is 32.2. The molecule has 0 unspecified atom stereocenters. The first-order chi connectivity index (χ1) is 9.63. The Hall–Kier alpha value is -1.55. The number of aromatic nitrogens is 1. The normalized spacial score (nSPS) is 10.8. The van der Waals surface area contributed by atoms with E-state index in [1.54, 1.807) is 0 Å². The van der Waals surface area contributed by atoms with Crippen molar-refractivity contribution in [1.29, 1.82) is 0 Å². The van der Waals surface area contributed by atoms with Crippen molar-refractivity contribution in [2.45, 2.75) is 32.2 Å². The minimum absolute atomic E-state index is 0.189. The number of esters is 1. The summed E-state index contributed by atoms with van der Waals surface area (Å²) in [7, 11) is 0. The van der Waals surface area contributed by atoms with Crippen LogP contribution < -0.4 is 0 Å². The van der Waals surface area contributed by atoms with Gasteiger partial charge in [-0.25, -0.2) is 4.98 Å². The van der Waals surface area contributed by atoms with E-state index < -0.39 is 0 Å². The SMILES string of the molecule is CCOC(=O)CSc1nc2cc(C)ccc2cc1CC. The van der Waals surface area contributed by atoms with E-state index in [9.17, 15) is 4.79 Å². The lowest BCUT2D eigenvalue weighted by Crippen LogP contribution is -2.07. The second-order valence-electron chi connectivity index (χ2n) is 4.60. The summed E-state index contributed by atoms with van der Waals surface area (Å²) in [6, 6.07) is 8.42. The van der Waals surface area contributed by atoms with Crippen molar-refractivity contribution in [3.8, 4) is 0 Å². The van der Waals surface area contributed by atoms with Gasteiger partial charge in [-0.15, -0.1) is 0 Å². The van der Waals surface area contributed by atoms with Crippen molar-refractivity contribution in [2.75, 3.05) is 12.4 Å². The Labute approximate surface area is 123 Å².